The van der Waals surface area contributed by atoms with Crippen molar-refractivity contribution in [3.05, 3.63) is 34.6 Å². The standard InChI is InChI=1S/C18H22BrN3O/c19-15-8-3-6-14(11-15)18-20-17(23-21-18)12-22-10-4-7-13-5-1-2-9-16(13)22/h3,6,8,11,13,16H,1-2,4-5,7,9-10,12H2. The Bertz CT molecular complexity index is 670. The minimum atomic E-state index is 0.679. The maximum Gasteiger partial charge on any atom is 0.241 e. The van der Waals surface area contributed by atoms with Crippen molar-refractivity contribution < 1.29 is 4.52 Å². The second kappa shape index (κ2) is 6.73. The topological polar surface area (TPSA) is 42.2 Å². The molecule has 2 unspecified atom stereocenters. The number of aromatic nitrogens is 2. The first-order valence-corrected chi connectivity index (χ1v) is 9.41. The number of rotatable bonds is 3. The van der Waals surface area contributed by atoms with Crippen LogP contribution < -0.4 is 0 Å². The van der Waals surface area contributed by atoms with Gasteiger partial charge in [-0.3, -0.25) is 4.90 Å². The molecule has 1 aromatic carbocycles. The molecule has 5 heteroatoms. The zero-order valence-electron chi connectivity index (χ0n) is 13.2. The maximum absolute atomic E-state index is 5.52. The second-order valence-corrected chi connectivity index (χ2v) is 7.66. The third kappa shape index (κ3) is 3.36. The highest BCUT2D eigenvalue weighted by Gasteiger charge is 2.33. The molecule has 4 rings (SSSR count). The smallest absolute Gasteiger partial charge is 0.241 e. The summed E-state index contributed by atoms with van der Waals surface area (Å²) in [7, 11) is 0. The normalized spacial score (nSPS) is 25.3. The summed E-state index contributed by atoms with van der Waals surface area (Å²) < 4.78 is 6.55. The van der Waals surface area contributed by atoms with Gasteiger partial charge in [-0.05, 0) is 50.3 Å². The van der Waals surface area contributed by atoms with E-state index in [2.05, 4.69) is 31.0 Å². The lowest BCUT2D eigenvalue weighted by atomic mass is 9.78. The van der Waals surface area contributed by atoms with E-state index in [9.17, 15) is 0 Å². The van der Waals surface area contributed by atoms with Crippen LogP contribution in [-0.4, -0.2) is 27.6 Å². The number of halogens is 1. The highest BCUT2D eigenvalue weighted by Crippen LogP contribution is 2.35. The van der Waals surface area contributed by atoms with E-state index in [0.717, 1.165) is 41.0 Å². The summed E-state index contributed by atoms with van der Waals surface area (Å²) >= 11 is 3.49. The predicted octanol–water partition coefficient (Wildman–Crippen LogP) is 4.65. The lowest BCUT2D eigenvalue weighted by molar-refractivity contribution is 0.0466. The molecule has 2 aliphatic rings. The van der Waals surface area contributed by atoms with Gasteiger partial charge in [-0.15, -0.1) is 0 Å². The first-order valence-electron chi connectivity index (χ1n) is 8.62. The van der Waals surface area contributed by atoms with Crippen molar-refractivity contribution >= 4 is 15.9 Å². The molecule has 0 amide bonds. The fraction of sp³-hybridized carbons (Fsp3) is 0.556. The van der Waals surface area contributed by atoms with Crippen LogP contribution in [0.15, 0.2) is 33.3 Å². The number of nitrogens with zero attached hydrogens (tertiary/aromatic N) is 3. The molecule has 1 saturated carbocycles. The minimum absolute atomic E-state index is 0.679. The Morgan fingerprint density at radius 2 is 2.04 bits per heavy atom. The Hall–Kier alpha value is -1.20. The van der Waals surface area contributed by atoms with Crippen LogP contribution in [0.2, 0.25) is 0 Å². The largest absolute Gasteiger partial charge is 0.338 e. The molecule has 23 heavy (non-hydrogen) atoms. The summed E-state index contributed by atoms with van der Waals surface area (Å²) in [6.45, 7) is 1.96. The average Bonchev–Trinajstić information content (AvgIpc) is 3.04. The summed E-state index contributed by atoms with van der Waals surface area (Å²) in [6.07, 6.45) is 8.20. The van der Waals surface area contributed by atoms with Crippen LogP contribution >= 0.6 is 15.9 Å². The van der Waals surface area contributed by atoms with Crippen LogP contribution in [0.4, 0.5) is 0 Å². The van der Waals surface area contributed by atoms with Gasteiger partial charge in [0.1, 0.15) is 0 Å². The number of fused-ring (bicyclic) bond motifs is 1. The van der Waals surface area contributed by atoms with Gasteiger partial charge in [0.2, 0.25) is 11.7 Å². The number of likely N-dealkylation sites (tertiary alicyclic amines) is 1. The van der Waals surface area contributed by atoms with E-state index in [0.29, 0.717) is 5.82 Å². The van der Waals surface area contributed by atoms with Gasteiger partial charge in [0.25, 0.3) is 0 Å². The van der Waals surface area contributed by atoms with E-state index in [1.165, 1.54) is 38.5 Å². The molecule has 1 aromatic heterocycles. The van der Waals surface area contributed by atoms with Gasteiger partial charge in [-0.2, -0.15) is 4.98 Å². The molecule has 1 aliphatic heterocycles. The monoisotopic (exact) mass is 375 g/mol. The predicted molar refractivity (Wildman–Crippen MR) is 92.8 cm³/mol. The summed E-state index contributed by atoms with van der Waals surface area (Å²) in [4.78, 5) is 7.19. The van der Waals surface area contributed by atoms with Crippen molar-refractivity contribution in [1.29, 1.82) is 0 Å². The molecule has 2 aromatic rings. The van der Waals surface area contributed by atoms with Gasteiger partial charge in [-0.25, -0.2) is 0 Å². The number of hydrogen-bond acceptors (Lipinski definition) is 4. The van der Waals surface area contributed by atoms with Gasteiger partial charge in [0.15, 0.2) is 0 Å². The molecule has 0 N–H and O–H groups in total. The summed E-state index contributed by atoms with van der Waals surface area (Å²) in [6, 6.07) is 8.75. The molecule has 1 aliphatic carbocycles. The van der Waals surface area contributed by atoms with Crippen LogP contribution in [0.3, 0.4) is 0 Å². The molecular formula is C18H22BrN3O. The number of hydrogen-bond donors (Lipinski definition) is 0. The minimum Gasteiger partial charge on any atom is -0.338 e. The molecule has 0 bridgehead atoms. The molecule has 2 heterocycles. The van der Waals surface area contributed by atoms with Gasteiger partial charge in [0, 0.05) is 16.1 Å². The quantitative estimate of drug-likeness (QED) is 0.782. The van der Waals surface area contributed by atoms with Gasteiger partial charge in [-0.1, -0.05) is 46.1 Å². The van der Waals surface area contributed by atoms with E-state index in [-0.39, 0.29) is 0 Å². The van der Waals surface area contributed by atoms with Crippen LogP contribution in [0.5, 0.6) is 0 Å². The molecule has 2 fully saturated rings. The SMILES string of the molecule is Brc1cccc(-c2noc(CN3CCCC4CCCCC43)n2)c1. The molecule has 0 spiro atoms. The van der Waals surface area contributed by atoms with Crippen molar-refractivity contribution in [3.8, 4) is 11.4 Å². The molecule has 0 radical (unpaired) electrons. The zero-order chi connectivity index (χ0) is 15.6. The Kier molecular flexibility index (Phi) is 4.49. The van der Waals surface area contributed by atoms with Crippen LogP contribution in [0.25, 0.3) is 11.4 Å². The lowest BCUT2D eigenvalue weighted by Crippen LogP contribution is -2.46. The first-order chi connectivity index (χ1) is 11.3. The highest BCUT2D eigenvalue weighted by atomic mass is 79.9. The summed E-state index contributed by atoms with van der Waals surface area (Å²) in [5, 5.41) is 4.16. The Morgan fingerprint density at radius 1 is 1.17 bits per heavy atom. The fourth-order valence-electron chi connectivity index (χ4n) is 4.16. The third-order valence-electron chi connectivity index (χ3n) is 5.25. The average molecular weight is 376 g/mol. The Morgan fingerprint density at radius 3 is 2.96 bits per heavy atom. The maximum atomic E-state index is 5.52. The van der Waals surface area contributed by atoms with Gasteiger partial charge in [0.05, 0.1) is 6.54 Å². The number of piperidine rings is 1. The third-order valence-corrected chi connectivity index (χ3v) is 5.74. The first kappa shape index (κ1) is 15.3. The Balaban J connectivity index is 1.49. The summed E-state index contributed by atoms with van der Waals surface area (Å²) in [5.41, 5.74) is 0.989. The molecule has 4 nitrogen and oxygen atoms in total. The van der Waals surface area contributed by atoms with E-state index < -0.39 is 0 Å². The molecule has 2 atom stereocenters. The number of benzene rings is 1. The molecule has 1 saturated heterocycles. The van der Waals surface area contributed by atoms with Crippen molar-refractivity contribution in [3.63, 3.8) is 0 Å². The van der Waals surface area contributed by atoms with Crippen LogP contribution in [-0.2, 0) is 6.54 Å². The fourth-order valence-corrected chi connectivity index (χ4v) is 4.56. The van der Waals surface area contributed by atoms with E-state index >= 15 is 0 Å². The van der Waals surface area contributed by atoms with E-state index in [1.54, 1.807) is 0 Å². The Labute approximate surface area is 145 Å². The van der Waals surface area contributed by atoms with Crippen molar-refractivity contribution in [1.82, 2.24) is 15.0 Å². The highest BCUT2D eigenvalue weighted by molar-refractivity contribution is 9.10. The van der Waals surface area contributed by atoms with Crippen molar-refractivity contribution in [2.75, 3.05) is 6.54 Å². The summed E-state index contributed by atoms with van der Waals surface area (Å²) in [5.74, 6) is 2.30. The van der Waals surface area contributed by atoms with Crippen LogP contribution in [0, 0.1) is 5.92 Å². The van der Waals surface area contributed by atoms with Gasteiger partial charge >= 0.3 is 0 Å². The zero-order valence-corrected chi connectivity index (χ0v) is 14.8. The van der Waals surface area contributed by atoms with E-state index in [1.807, 2.05) is 24.3 Å². The van der Waals surface area contributed by atoms with Crippen LogP contribution in [0.1, 0.15) is 44.4 Å². The van der Waals surface area contributed by atoms with Crippen molar-refractivity contribution in [2.24, 2.45) is 5.92 Å². The second-order valence-electron chi connectivity index (χ2n) is 6.75. The van der Waals surface area contributed by atoms with Gasteiger partial charge < -0.3 is 4.52 Å². The lowest BCUT2D eigenvalue weighted by Gasteiger charge is -2.43. The molecule has 122 valence electrons. The van der Waals surface area contributed by atoms with E-state index in [4.69, 9.17) is 4.52 Å². The molecular weight excluding hydrogens is 354 g/mol. The van der Waals surface area contributed by atoms with Crippen molar-refractivity contribution in [2.45, 2.75) is 51.1 Å².